The lowest BCUT2D eigenvalue weighted by Crippen LogP contribution is -2.39. The van der Waals surface area contributed by atoms with Crippen molar-refractivity contribution in [3.8, 4) is 23.0 Å². The minimum atomic E-state index is -0.754. The average Bonchev–Trinajstić information content (AvgIpc) is 3.49. The summed E-state index contributed by atoms with van der Waals surface area (Å²) in [6.45, 7) is 8.55. The van der Waals surface area contributed by atoms with Crippen LogP contribution in [-0.4, -0.2) is 37.1 Å². The fraction of sp³-hybridized carbons (Fsp3) is 0.321. The molecule has 2 aromatic carbocycles. The van der Waals surface area contributed by atoms with Crippen molar-refractivity contribution in [2.45, 2.75) is 33.7 Å². The Morgan fingerprint density at radius 2 is 1.85 bits per heavy atom. The van der Waals surface area contributed by atoms with Crippen molar-refractivity contribution >= 4 is 39.3 Å². The van der Waals surface area contributed by atoms with E-state index in [1.165, 1.54) is 15.9 Å². The van der Waals surface area contributed by atoms with Crippen molar-refractivity contribution in [1.82, 2.24) is 4.57 Å². The summed E-state index contributed by atoms with van der Waals surface area (Å²) >= 11 is 4.80. The molecule has 2 aliphatic rings. The van der Waals surface area contributed by atoms with Gasteiger partial charge in [-0.25, -0.2) is 9.79 Å². The van der Waals surface area contributed by atoms with Crippen LogP contribution in [0.15, 0.2) is 55.9 Å². The van der Waals surface area contributed by atoms with Gasteiger partial charge in [0.05, 0.1) is 46.1 Å². The molecule has 0 unspecified atom stereocenters. The van der Waals surface area contributed by atoms with Gasteiger partial charge in [0.25, 0.3) is 5.56 Å². The first-order valence-electron chi connectivity index (χ1n) is 12.5. The molecular formula is C28H27BrN2O7S. The van der Waals surface area contributed by atoms with E-state index >= 15 is 0 Å². The summed E-state index contributed by atoms with van der Waals surface area (Å²) in [6.07, 6.45) is 1.77. The molecule has 0 bridgehead atoms. The standard InChI is InChI=1S/C28H27BrN2O7S/c1-5-34-20-13-21(35-6-2)18(29)10-17(20)12-23-26(32)31-25(16-8-9-19-22(11-16)38-14-37-19)24(27(33)36-7-3)15(4)30-28(31)39-23/h8-13,25H,5-7,14H2,1-4H3/b23-12-/t25-/m0/s1. The molecule has 11 heteroatoms. The van der Waals surface area contributed by atoms with E-state index in [-0.39, 0.29) is 19.0 Å². The highest BCUT2D eigenvalue weighted by molar-refractivity contribution is 9.10. The number of esters is 1. The van der Waals surface area contributed by atoms with Crippen molar-refractivity contribution in [3.05, 3.63) is 76.9 Å². The summed E-state index contributed by atoms with van der Waals surface area (Å²) in [5, 5.41) is 0. The Morgan fingerprint density at radius 1 is 1.10 bits per heavy atom. The molecular weight excluding hydrogens is 588 g/mol. The summed E-state index contributed by atoms with van der Waals surface area (Å²) in [4.78, 5) is 32.2. The van der Waals surface area contributed by atoms with Gasteiger partial charge in [0.15, 0.2) is 16.3 Å². The smallest absolute Gasteiger partial charge is 0.338 e. The van der Waals surface area contributed by atoms with Gasteiger partial charge in [-0.1, -0.05) is 17.4 Å². The van der Waals surface area contributed by atoms with Crippen LogP contribution in [0.3, 0.4) is 0 Å². The van der Waals surface area contributed by atoms with Crippen molar-refractivity contribution < 1.29 is 28.5 Å². The number of carbonyl (C=O) groups is 1. The van der Waals surface area contributed by atoms with Crippen LogP contribution in [-0.2, 0) is 9.53 Å². The Balaban J connectivity index is 1.70. The summed E-state index contributed by atoms with van der Waals surface area (Å²) in [5.41, 5.74) is 1.89. The molecule has 0 fully saturated rings. The van der Waals surface area contributed by atoms with E-state index in [0.29, 0.717) is 67.9 Å². The first kappa shape index (κ1) is 27.0. The van der Waals surface area contributed by atoms with Gasteiger partial charge in [0.2, 0.25) is 6.79 Å². The highest BCUT2D eigenvalue weighted by Crippen LogP contribution is 2.38. The number of rotatable bonds is 8. The van der Waals surface area contributed by atoms with Crippen LogP contribution in [0.5, 0.6) is 23.0 Å². The zero-order valence-electron chi connectivity index (χ0n) is 21.9. The zero-order chi connectivity index (χ0) is 27.7. The van der Waals surface area contributed by atoms with E-state index in [2.05, 4.69) is 20.9 Å². The maximum atomic E-state index is 14.0. The van der Waals surface area contributed by atoms with Crippen molar-refractivity contribution in [3.63, 3.8) is 0 Å². The second-order valence-electron chi connectivity index (χ2n) is 8.60. The van der Waals surface area contributed by atoms with Crippen molar-refractivity contribution in [2.75, 3.05) is 26.6 Å². The highest BCUT2D eigenvalue weighted by Gasteiger charge is 2.34. The van der Waals surface area contributed by atoms with E-state index in [4.69, 9.17) is 23.7 Å². The molecule has 204 valence electrons. The molecule has 0 spiro atoms. The van der Waals surface area contributed by atoms with Crippen LogP contribution >= 0.6 is 27.3 Å². The Morgan fingerprint density at radius 3 is 2.59 bits per heavy atom. The number of halogens is 1. The normalized spacial score (nSPS) is 16.1. The lowest BCUT2D eigenvalue weighted by molar-refractivity contribution is -0.139. The van der Waals surface area contributed by atoms with E-state index in [1.54, 1.807) is 38.1 Å². The molecule has 0 radical (unpaired) electrons. The van der Waals surface area contributed by atoms with Gasteiger partial charge in [-0.05, 0) is 73.5 Å². The molecule has 0 N–H and O–H groups in total. The predicted molar refractivity (Wildman–Crippen MR) is 149 cm³/mol. The number of ether oxygens (including phenoxy) is 5. The summed E-state index contributed by atoms with van der Waals surface area (Å²) in [6, 6.07) is 8.30. The number of hydrogen-bond acceptors (Lipinski definition) is 9. The van der Waals surface area contributed by atoms with Gasteiger partial charge in [-0.2, -0.15) is 0 Å². The first-order valence-corrected chi connectivity index (χ1v) is 14.2. The summed E-state index contributed by atoms with van der Waals surface area (Å²) < 4.78 is 30.7. The Kier molecular flexibility index (Phi) is 7.81. The van der Waals surface area contributed by atoms with E-state index in [9.17, 15) is 9.59 Å². The molecule has 0 saturated carbocycles. The SMILES string of the molecule is CCOC(=O)C1=C(C)N=c2s/c(=C\c3cc(Br)c(OCC)cc3OCC)c(=O)n2[C@H]1c1ccc2c(c1)OCO2. The fourth-order valence-electron chi connectivity index (χ4n) is 4.54. The maximum absolute atomic E-state index is 14.0. The predicted octanol–water partition coefficient (Wildman–Crippen LogP) is 4.09. The maximum Gasteiger partial charge on any atom is 0.338 e. The second-order valence-corrected chi connectivity index (χ2v) is 10.5. The third-order valence-electron chi connectivity index (χ3n) is 6.18. The third-order valence-corrected chi connectivity index (χ3v) is 7.78. The van der Waals surface area contributed by atoms with Crippen LogP contribution in [0.4, 0.5) is 0 Å². The van der Waals surface area contributed by atoms with Crippen LogP contribution in [0.25, 0.3) is 6.08 Å². The van der Waals surface area contributed by atoms with Gasteiger partial charge in [-0.3, -0.25) is 9.36 Å². The highest BCUT2D eigenvalue weighted by atomic mass is 79.9. The minimum Gasteiger partial charge on any atom is -0.493 e. The lowest BCUT2D eigenvalue weighted by Gasteiger charge is -2.24. The van der Waals surface area contributed by atoms with Gasteiger partial charge in [-0.15, -0.1) is 0 Å². The van der Waals surface area contributed by atoms with E-state index in [0.717, 1.165) is 4.47 Å². The number of carbonyl (C=O) groups excluding carboxylic acids is 1. The van der Waals surface area contributed by atoms with Gasteiger partial charge >= 0.3 is 5.97 Å². The molecule has 0 saturated heterocycles. The molecule has 3 heterocycles. The summed E-state index contributed by atoms with van der Waals surface area (Å²) in [5.74, 6) is 1.87. The number of nitrogens with zero attached hydrogens (tertiary/aromatic N) is 2. The molecule has 9 nitrogen and oxygen atoms in total. The number of hydrogen-bond donors (Lipinski definition) is 0. The average molecular weight is 616 g/mol. The monoisotopic (exact) mass is 614 g/mol. The molecule has 2 aliphatic heterocycles. The van der Waals surface area contributed by atoms with E-state index < -0.39 is 12.0 Å². The summed E-state index contributed by atoms with van der Waals surface area (Å²) in [7, 11) is 0. The molecule has 0 aliphatic carbocycles. The molecule has 0 amide bonds. The number of thiazole rings is 1. The topological polar surface area (TPSA) is 97.6 Å². The molecule has 5 rings (SSSR count). The third kappa shape index (κ3) is 5.08. The number of benzene rings is 2. The zero-order valence-corrected chi connectivity index (χ0v) is 24.3. The van der Waals surface area contributed by atoms with Crippen molar-refractivity contribution in [1.29, 1.82) is 0 Å². The molecule has 1 atom stereocenters. The van der Waals surface area contributed by atoms with Crippen molar-refractivity contribution in [2.24, 2.45) is 4.99 Å². The fourth-order valence-corrected chi connectivity index (χ4v) is 6.05. The molecule has 1 aromatic heterocycles. The van der Waals surface area contributed by atoms with Crippen LogP contribution < -0.4 is 33.8 Å². The van der Waals surface area contributed by atoms with Crippen LogP contribution in [0.1, 0.15) is 44.9 Å². The van der Waals surface area contributed by atoms with Gasteiger partial charge in [0, 0.05) is 11.6 Å². The molecule has 3 aromatic rings. The van der Waals surface area contributed by atoms with Gasteiger partial charge in [0.1, 0.15) is 11.5 Å². The van der Waals surface area contributed by atoms with Gasteiger partial charge < -0.3 is 23.7 Å². The lowest BCUT2D eigenvalue weighted by atomic mass is 9.95. The van der Waals surface area contributed by atoms with Crippen LogP contribution in [0.2, 0.25) is 0 Å². The first-order chi connectivity index (χ1) is 18.9. The second kappa shape index (κ2) is 11.3. The molecule has 39 heavy (non-hydrogen) atoms. The minimum absolute atomic E-state index is 0.112. The van der Waals surface area contributed by atoms with E-state index in [1.807, 2.05) is 26.0 Å². The largest absolute Gasteiger partial charge is 0.493 e. The quantitative estimate of drug-likeness (QED) is 0.353. The van der Waals surface area contributed by atoms with Crippen LogP contribution in [0, 0.1) is 0 Å². The number of aromatic nitrogens is 1. The Hall–Kier alpha value is -3.57. The Bertz CT molecular complexity index is 1660. The number of allylic oxidation sites excluding steroid dienone is 1. The number of fused-ring (bicyclic) bond motifs is 2. The Labute approximate surface area is 237 Å².